The Morgan fingerprint density at radius 2 is 1.82 bits per heavy atom. The molecule has 7 heteroatoms. The van der Waals surface area contributed by atoms with Crippen LogP contribution in [0.4, 0.5) is 4.79 Å². The number of carbonyl (C=O) groups is 3. The van der Waals surface area contributed by atoms with E-state index in [1.807, 2.05) is 41.5 Å². The van der Waals surface area contributed by atoms with E-state index in [1.165, 1.54) is 0 Å². The molecule has 0 aliphatic carbocycles. The lowest BCUT2D eigenvalue weighted by Crippen LogP contribution is -2.49. The molecular formula is C21H36N2O5. The van der Waals surface area contributed by atoms with Crippen molar-refractivity contribution in [2.75, 3.05) is 26.2 Å². The molecule has 2 heterocycles. The van der Waals surface area contributed by atoms with Crippen LogP contribution in [0.3, 0.4) is 0 Å². The number of hydrogen-bond acceptors (Lipinski definition) is 5. The van der Waals surface area contributed by atoms with Crippen LogP contribution in [0.25, 0.3) is 0 Å². The highest BCUT2D eigenvalue weighted by atomic mass is 16.6. The zero-order chi connectivity index (χ0) is 21.1. The summed E-state index contributed by atoms with van der Waals surface area (Å²) in [7, 11) is 0. The molecule has 2 rings (SSSR count). The van der Waals surface area contributed by atoms with E-state index >= 15 is 0 Å². The minimum Gasteiger partial charge on any atom is -0.464 e. The van der Waals surface area contributed by atoms with Crippen molar-refractivity contribution in [3.63, 3.8) is 0 Å². The van der Waals surface area contributed by atoms with Crippen molar-refractivity contribution < 1.29 is 23.9 Å². The average Bonchev–Trinajstić information content (AvgIpc) is 3.14. The van der Waals surface area contributed by atoms with Crippen molar-refractivity contribution in [1.29, 1.82) is 0 Å². The van der Waals surface area contributed by atoms with Gasteiger partial charge in [0.25, 0.3) is 0 Å². The monoisotopic (exact) mass is 396 g/mol. The minimum absolute atomic E-state index is 0.0309. The number of carbonyl (C=O) groups excluding carboxylic acids is 3. The van der Waals surface area contributed by atoms with Crippen LogP contribution >= 0.6 is 0 Å². The maximum Gasteiger partial charge on any atom is 0.410 e. The fourth-order valence-corrected chi connectivity index (χ4v) is 4.01. The summed E-state index contributed by atoms with van der Waals surface area (Å²) in [6.45, 7) is 13.2. The Morgan fingerprint density at radius 1 is 1.18 bits per heavy atom. The van der Waals surface area contributed by atoms with Gasteiger partial charge in [-0.25, -0.2) is 9.59 Å². The van der Waals surface area contributed by atoms with Crippen LogP contribution in [0.2, 0.25) is 0 Å². The fourth-order valence-electron chi connectivity index (χ4n) is 4.01. The van der Waals surface area contributed by atoms with Gasteiger partial charge >= 0.3 is 12.1 Å². The van der Waals surface area contributed by atoms with Gasteiger partial charge in [0, 0.05) is 19.6 Å². The Balaban J connectivity index is 2.06. The van der Waals surface area contributed by atoms with E-state index in [0.29, 0.717) is 39.1 Å². The maximum atomic E-state index is 13.3. The second-order valence-corrected chi connectivity index (χ2v) is 9.39. The largest absolute Gasteiger partial charge is 0.464 e. The van der Waals surface area contributed by atoms with Crippen molar-refractivity contribution in [3.05, 3.63) is 0 Å². The molecule has 7 nitrogen and oxygen atoms in total. The topological polar surface area (TPSA) is 76.2 Å². The van der Waals surface area contributed by atoms with Crippen LogP contribution in [0.15, 0.2) is 0 Å². The Hall–Kier alpha value is -1.79. The second kappa shape index (κ2) is 8.70. The fraction of sp³-hybridized carbons (Fsp3) is 0.857. The van der Waals surface area contributed by atoms with Gasteiger partial charge < -0.3 is 19.3 Å². The van der Waals surface area contributed by atoms with Crippen molar-refractivity contribution in [1.82, 2.24) is 9.80 Å². The molecule has 1 spiro atoms. The molecule has 2 atom stereocenters. The quantitative estimate of drug-likeness (QED) is 0.509. The molecule has 2 saturated heterocycles. The van der Waals surface area contributed by atoms with Crippen molar-refractivity contribution >= 4 is 18.0 Å². The summed E-state index contributed by atoms with van der Waals surface area (Å²) in [5.41, 5.74) is -1.17. The van der Waals surface area contributed by atoms with Gasteiger partial charge in [0.1, 0.15) is 11.6 Å². The Labute approximate surface area is 168 Å². The third-order valence-electron chi connectivity index (χ3n) is 5.50. The van der Waals surface area contributed by atoms with E-state index in [4.69, 9.17) is 9.47 Å². The normalized spacial score (nSPS) is 23.6. The average molecular weight is 397 g/mol. The first kappa shape index (κ1) is 22.5. The number of amides is 2. The molecule has 1 unspecified atom stereocenters. The van der Waals surface area contributed by atoms with E-state index in [-0.39, 0.29) is 23.9 Å². The van der Waals surface area contributed by atoms with Crippen LogP contribution < -0.4 is 0 Å². The Kier molecular flexibility index (Phi) is 6.99. The van der Waals surface area contributed by atoms with Crippen LogP contribution in [0.5, 0.6) is 0 Å². The summed E-state index contributed by atoms with van der Waals surface area (Å²) < 4.78 is 10.9. The Bertz CT molecular complexity index is 598. The van der Waals surface area contributed by atoms with Gasteiger partial charge in [-0.05, 0) is 46.0 Å². The summed E-state index contributed by atoms with van der Waals surface area (Å²) in [6.07, 6.45) is 2.65. The first-order chi connectivity index (χ1) is 13.0. The molecule has 0 radical (unpaired) electrons. The van der Waals surface area contributed by atoms with E-state index in [2.05, 4.69) is 0 Å². The molecule has 2 aliphatic heterocycles. The predicted octanol–water partition coefficient (Wildman–Crippen LogP) is 3.21. The van der Waals surface area contributed by atoms with Gasteiger partial charge in [-0.15, -0.1) is 0 Å². The van der Waals surface area contributed by atoms with Crippen molar-refractivity contribution in [3.8, 4) is 0 Å². The van der Waals surface area contributed by atoms with Gasteiger partial charge in [-0.2, -0.15) is 0 Å². The number of hydrogen-bond donors (Lipinski definition) is 0. The van der Waals surface area contributed by atoms with Gasteiger partial charge in [-0.3, -0.25) is 4.79 Å². The van der Waals surface area contributed by atoms with Crippen LogP contribution in [-0.4, -0.2) is 65.7 Å². The summed E-state index contributed by atoms with van der Waals surface area (Å²) in [6, 6.07) is -0.570. The standard InChI is InChI=1S/C21H36N2O5/c1-7-8-13-27-17(24)16(15(2)3)23-12-10-21(18(23)25)9-11-22(14-21)19(26)28-20(4,5)6/h15-16H,7-14H2,1-6H3/t16-,21?/m0/s1. The molecule has 0 aromatic rings. The van der Waals surface area contributed by atoms with Crippen LogP contribution in [0.1, 0.15) is 67.2 Å². The van der Waals surface area contributed by atoms with E-state index < -0.39 is 17.1 Å². The first-order valence-electron chi connectivity index (χ1n) is 10.5. The molecule has 28 heavy (non-hydrogen) atoms. The number of ether oxygens (including phenoxy) is 2. The smallest absolute Gasteiger partial charge is 0.410 e. The molecule has 160 valence electrons. The zero-order valence-corrected chi connectivity index (χ0v) is 18.2. The number of likely N-dealkylation sites (tertiary alicyclic amines) is 2. The molecule has 2 fully saturated rings. The van der Waals surface area contributed by atoms with Gasteiger partial charge in [-0.1, -0.05) is 27.2 Å². The highest BCUT2D eigenvalue weighted by Crippen LogP contribution is 2.42. The minimum atomic E-state index is -0.603. The highest BCUT2D eigenvalue weighted by molar-refractivity contribution is 5.91. The Morgan fingerprint density at radius 3 is 2.39 bits per heavy atom. The lowest BCUT2D eigenvalue weighted by Gasteiger charge is -2.31. The van der Waals surface area contributed by atoms with Gasteiger partial charge in [0.2, 0.25) is 5.91 Å². The van der Waals surface area contributed by atoms with Gasteiger partial charge in [0.05, 0.1) is 12.0 Å². The first-order valence-corrected chi connectivity index (χ1v) is 10.5. The third-order valence-corrected chi connectivity index (χ3v) is 5.50. The summed E-state index contributed by atoms with van der Waals surface area (Å²) >= 11 is 0. The van der Waals surface area contributed by atoms with E-state index in [1.54, 1.807) is 9.80 Å². The third kappa shape index (κ3) is 4.97. The van der Waals surface area contributed by atoms with Crippen molar-refractivity contribution in [2.45, 2.75) is 78.9 Å². The van der Waals surface area contributed by atoms with Crippen LogP contribution in [-0.2, 0) is 19.1 Å². The predicted molar refractivity (Wildman–Crippen MR) is 106 cm³/mol. The zero-order valence-electron chi connectivity index (χ0n) is 18.2. The van der Waals surface area contributed by atoms with E-state index in [0.717, 1.165) is 12.8 Å². The molecule has 0 saturated carbocycles. The second-order valence-electron chi connectivity index (χ2n) is 9.39. The SMILES string of the molecule is CCCCOC(=O)[C@H](C(C)C)N1CCC2(CCN(C(=O)OC(C)(C)C)C2)C1=O. The number of rotatable bonds is 6. The summed E-state index contributed by atoms with van der Waals surface area (Å²) in [5.74, 6) is -0.392. The lowest BCUT2D eigenvalue weighted by molar-refractivity contribution is -0.157. The maximum absolute atomic E-state index is 13.3. The molecular weight excluding hydrogens is 360 g/mol. The number of esters is 1. The number of nitrogens with zero attached hydrogens (tertiary/aromatic N) is 2. The molecule has 0 aromatic heterocycles. The molecule has 2 aliphatic rings. The van der Waals surface area contributed by atoms with Gasteiger partial charge in [0.15, 0.2) is 0 Å². The summed E-state index contributed by atoms with van der Waals surface area (Å²) in [5, 5.41) is 0. The summed E-state index contributed by atoms with van der Waals surface area (Å²) in [4.78, 5) is 41.6. The lowest BCUT2D eigenvalue weighted by atomic mass is 9.85. The van der Waals surface area contributed by atoms with E-state index in [9.17, 15) is 14.4 Å². The highest BCUT2D eigenvalue weighted by Gasteiger charge is 2.54. The molecule has 0 bridgehead atoms. The number of unbranched alkanes of at least 4 members (excludes halogenated alkanes) is 1. The van der Waals surface area contributed by atoms with Crippen LogP contribution in [0, 0.1) is 11.3 Å². The van der Waals surface area contributed by atoms with Crippen molar-refractivity contribution in [2.24, 2.45) is 11.3 Å². The molecule has 0 aromatic carbocycles. The molecule has 0 N–H and O–H groups in total. The molecule has 2 amide bonds.